The summed E-state index contributed by atoms with van der Waals surface area (Å²) < 4.78 is 0. The summed E-state index contributed by atoms with van der Waals surface area (Å²) >= 11 is 6.44. The van der Waals surface area contributed by atoms with Gasteiger partial charge in [0.25, 0.3) is 5.91 Å². The van der Waals surface area contributed by atoms with Gasteiger partial charge in [0.05, 0.1) is 35.0 Å². The molecule has 8 heteroatoms. The zero-order valence-electron chi connectivity index (χ0n) is 16.9. The highest BCUT2D eigenvalue weighted by Gasteiger charge is 2.41. The van der Waals surface area contributed by atoms with Gasteiger partial charge in [-0.05, 0) is 37.1 Å². The number of fused-ring (bicyclic) bond motifs is 2. The number of hydrogen-bond donors (Lipinski definition) is 5. The summed E-state index contributed by atoms with van der Waals surface area (Å²) in [6, 6.07) is 15.9. The van der Waals surface area contributed by atoms with Gasteiger partial charge in [0.1, 0.15) is 0 Å². The van der Waals surface area contributed by atoms with E-state index in [9.17, 15) is 4.79 Å². The Morgan fingerprint density at radius 2 is 1.80 bits per heavy atom. The molecule has 0 bridgehead atoms. The molecule has 0 radical (unpaired) electrons. The van der Waals surface area contributed by atoms with E-state index in [4.69, 9.17) is 11.6 Å². The van der Waals surface area contributed by atoms with Crippen LogP contribution in [-0.2, 0) is 6.42 Å². The number of nitrogens with one attached hydrogen (secondary N) is 5. The third-order valence-corrected chi connectivity index (χ3v) is 6.68. The van der Waals surface area contributed by atoms with E-state index in [0.29, 0.717) is 10.6 Å². The van der Waals surface area contributed by atoms with Crippen LogP contribution in [0.3, 0.4) is 0 Å². The highest BCUT2D eigenvalue weighted by Crippen LogP contribution is 2.33. The highest BCUT2D eigenvalue weighted by atomic mass is 35.5. The minimum absolute atomic E-state index is 0.0321. The summed E-state index contributed by atoms with van der Waals surface area (Å²) in [5, 5.41) is 18.1. The van der Waals surface area contributed by atoms with Crippen molar-refractivity contribution >= 4 is 23.2 Å². The summed E-state index contributed by atoms with van der Waals surface area (Å²) in [6.07, 6.45) is 1.07. The smallest absolute Gasteiger partial charge is 0.260 e. The second-order valence-electron chi connectivity index (χ2n) is 8.16. The van der Waals surface area contributed by atoms with E-state index in [2.05, 4.69) is 33.5 Å². The number of carbonyl (C=O) groups is 1. The van der Waals surface area contributed by atoms with Gasteiger partial charge >= 0.3 is 0 Å². The van der Waals surface area contributed by atoms with Crippen LogP contribution in [0.2, 0.25) is 5.02 Å². The van der Waals surface area contributed by atoms with Crippen molar-refractivity contribution in [2.45, 2.75) is 43.8 Å². The first-order valence-corrected chi connectivity index (χ1v) is 10.9. The monoisotopic (exact) mass is 426 g/mol. The average molecular weight is 427 g/mol. The summed E-state index contributed by atoms with van der Waals surface area (Å²) in [7, 11) is 0. The molecule has 5 atom stereocenters. The van der Waals surface area contributed by atoms with Crippen molar-refractivity contribution in [2.75, 3.05) is 18.2 Å². The Morgan fingerprint density at radius 1 is 1.03 bits per heavy atom. The summed E-state index contributed by atoms with van der Waals surface area (Å²) in [5.74, 6) is -0.0384. The Hall–Kier alpha value is -2.00. The van der Waals surface area contributed by atoms with Crippen LogP contribution in [-0.4, -0.2) is 49.7 Å². The molecule has 30 heavy (non-hydrogen) atoms. The van der Waals surface area contributed by atoms with Crippen LogP contribution in [0.25, 0.3) is 0 Å². The summed E-state index contributed by atoms with van der Waals surface area (Å²) in [4.78, 5) is 15.5. The molecule has 2 aromatic rings. The minimum atomic E-state index is -0.0384. The van der Waals surface area contributed by atoms with E-state index in [1.165, 1.54) is 0 Å². The van der Waals surface area contributed by atoms with Crippen molar-refractivity contribution in [3.8, 4) is 0 Å². The molecular formula is C22H27ClN6O. The highest BCUT2D eigenvalue weighted by molar-refractivity contribution is 6.35. The molecule has 1 amide bonds. The van der Waals surface area contributed by atoms with Gasteiger partial charge in [-0.3, -0.25) is 31.4 Å². The molecule has 4 unspecified atom stereocenters. The van der Waals surface area contributed by atoms with Crippen molar-refractivity contribution < 1.29 is 4.79 Å². The lowest BCUT2D eigenvalue weighted by Gasteiger charge is -2.43. The number of nitrogens with zero attached hydrogens (tertiary/aromatic N) is 1. The maximum Gasteiger partial charge on any atom is 0.260 e. The quantitative estimate of drug-likeness (QED) is 0.506. The molecule has 5 N–H and O–H groups in total. The third kappa shape index (κ3) is 3.51. The van der Waals surface area contributed by atoms with Crippen molar-refractivity contribution in [2.24, 2.45) is 0 Å². The summed E-state index contributed by atoms with van der Waals surface area (Å²) in [5.41, 5.74) is 2.52. The number of carbonyl (C=O) groups excluding carboxylic acids is 1. The Labute approximate surface area is 181 Å². The second kappa shape index (κ2) is 8.26. The Bertz CT molecular complexity index is 925. The van der Waals surface area contributed by atoms with Crippen LogP contribution in [0.5, 0.6) is 0 Å². The van der Waals surface area contributed by atoms with Crippen LogP contribution in [0.1, 0.15) is 22.8 Å². The normalized spacial score (nSPS) is 29.4. The molecule has 0 spiro atoms. The number of benzene rings is 2. The van der Waals surface area contributed by atoms with Crippen molar-refractivity contribution in [1.29, 1.82) is 0 Å². The molecule has 2 saturated heterocycles. The van der Waals surface area contributed by atoms with Gasteiger partial charge < -0.3 is 4.90 Å². The number of para-hydroxylation sites is 1. The predicted molar refractivity (Wildman–Crippen MR) is 118 cm³/mol. The topological polar surface area (TPSA) is 80.5 Å². The average Bonchev–Trinajstić information content (AvgIpc) is 3.24. The van der Waals surface area contributed by atoms with E-state index >= 15 is 0 Å². The fourth-order valence-electron chi connectivity index (χ4n) is 4.87. The first-order valence-electron chi connectivity index (χ1n) is 10.5. The number of amides is 1. The van der Waals surface area contributed by atoms with E-state index in [1.807, 2.05) is 47.4 Å². The van der Waals surface area contributed by atoms with Gasteiger partial charge in [-0.1, -0.05) is 41.9 Å². The van der Waals surface area contributed by atoms with E-state index in [-0.39, 0.29) is 36.4 Å². The molecule has 3 heterocycles. The third-order valence-electron chi connectivity index (χ3n) is 6.37. The molecule has 3 aliphatic heterocycles. The van der Waals surface area contributed by atoms with Crippen LogP contribution in [0.4, 0.5) is 5.69 Å². The first-order chi connectivity index (χ1) is 14.6. The number of halogens is 1. The van der Waals surface area contributed by atoms with Crippen molar-refractivity contribution in [1.82, 2.24) is 26.6 Å². The fourth-order valence-corrected chi connectivity index (χ4v) is 5.14. The molecule has 158 valence electrons. The first kappa shape index (κ1) is 19.9. The molecule has 5 rings (SSSR count). The maximum atomic E-state index is 13.6. The molecule has 2 fully saturated rings. The van der Waals surface area contributed by atoms with Gasteiger partial charge in [-0.2, -0.15) is 0 Å². The van der Waals surface area contributed by atoms with Gasteiger partial charge in [0.2, 0.25) is 0 Å². The van der Waals surface area contributed by atoms with Gasteiger partial charge in [-0.25, -0.2) is 0 Å². The molecule has 0 saturated carbocycles. The zero-order chi connectivity index (χ0) is 20.7. The van der Waals surface area contributed by atoms with Crippen molar-refractivity contribution in [3.63, 3.8) is 0 Å². The number of rotatable bonds is 4. The Balaban J connectivity index is 1.46. The lowest BCUT2D eigenvalue weighted by Crippen LogP contribution is -2.70. The van der Waals surface area contributed by atoms with E-state index in [0.717, 1.165) is 31.0 Å². The standard InChI is InChI=1S/C22H27ClN6O/c1-13(28-21-19-20(25-11-24-19)26-12-27-21)17-10-14-6-5-9-16(23)18(14)22(30)29(17)15-7-3-2-4-8-15/h2-9,13,17,19-21,24-28H,10-12H2,1H3/t13-,17?,19?,20?,21?/m0/s1. The molecule has 3 aliphatic rings. The molecule has 0 aliphatic carbocycles. The molecule has 7 nitrogen and oxygen atoms in total. The maximum absolute atomic E-state index is 13.6. The molecular weight excluding hydrogens is 400 g/mol. The van der Waals surface area contributed by atoms with Gasteiger partial charge in [0.15, 0.2) is 0 Å². The van der Waals surface area contributed by atoms with E-state index in [1.54, 1.807) is 6.07 Å². The minimum Gasteiger partial charge on any atom is -0.303 e. The number of anilines is 1. The lowest BCUT2D eigenvalue weighted by molar-refractivity contribution is 0.0957. The molecule has 2 aromatic carbocycles. The summed E-state index contributed by atoms with van der Waals surface area (Å²) in [6.45, 7) is 3.66. The van der Waals surface area contributed by atoms with E-state index < -0.39 is 0 Å². The van der Waals surface area contributed by atoms with Crippen LogP contribution in [0.15, 0.2) is 48.5 Å². The van der Waals surface area contributed by atoms with Crippen LogP contribution in [0, 0.1) is 0 Å². The largest absolute Gasteiger partial charge is 0.303 e. The predicted octanol–water partition coefficient (Wildman–Crippen LogP) is 1.21. The SMILES string of the molecule is C[C@H](NC1NCNC2NCNC21)C1Cc2cccc(Cl)c2C(=O)N1c1ccccc1. The van der Waals surface area contributed by atoms with Crippen LogP contribution < -0.4 is 31.5 Å². The Kier molecular flexibility index (Phi) is 5.49. The van der Waals surface area contributed by atoms with Gasteiger partial charge in [0, 0.05) is 25.1 Å². The van der Waals surface area contributed by atoms with Crippen LogP contribution >= 0.6 is 11.6 Å². The molecule has 0 aromatic heterocycles. The second-order valence-corrected chi connectivity index (χ2v) is 8.57. The lowest BCUT2D eigenvalue weighted by atomic mass is 9.89. The van der Waals surface area contributed by atoms with Crippen molar-refractivity contribution in [3.05, 3.63) is 64.7 Å². The Morgan fingerprint density at radius 3 is 2.60 bits per heavy atom. The number of hydrogen-bond acceptors (Lipinski definition) is 6. The van der Waals surface area contributed by atoms with Gasteiger partial charge in [-0.15, -0.1) is 0 Å². The zero-order valence-corrected chi connectivity index (χ0v) is 17.6. The fraction of sp³-hybridized carbons (Fsp3) is 0.409.